The summed E-state index contributed by atoms with van der Waals surface area (Å²) in [6, 6.07) is 8.03. The molecule has 0 aliphatic carbocycles. The summed E-state index contributed by atoms with van der Waals surface area (Å²) < 4.78 is 0. The Hall–Kier alpha value is -1.74. The highest BCUT2D eigenvalue weighted by atomic mass is 35.5. The maximum absolute atomic E-state index is 6.17. The van der Waals surface area contributed by atoms with Gasteiger partial charge in [0.25, 0.3) is 0 Å². The van der Waals surface area contributed by atoms with Gasteiger partial charge < -0.3 is 11.1 Å². The molecular weight excluding hydrogens is 258 g/mol. The lowest BCUT2D eigenvalue weighted by Gasteiger charge is -2.15. The van der Waals surface area contributed by atoms with Crippen LogP contribution in [0.5, 0.6) is 0 Å². The van der Waals surface area contributed by atoms with Gasteiger partial charge in [-0.3, -0.25) is 0 Å². The predicted octanol–water partition coefficient (Wildman–Crippen LogP) is 4.19. The normalized spacial score (nSPS) is 10.5. The minimum absolute atomic E-state index is 0.535. The fourth-order valence-corrected chi connectivity index (χ4v) is 2.29. The van der Waals surface area contributed by atoms with Crippen LogP contribution in [0.1, 0.15) is 25.0 Å². The van der Waals surface area contributed by atoms with E-state index in [1.807, 2.05) is 0 Å². The van der Waals surface area contributed by atoms with Crippen LogP contribution in [0.3, 0.4) is 0 Å². The van der Waals surface area contributed by atoms with Crippen molar-refractivity contribution in [3.63, 3.8) is 0 Å². The Morgan fingerprint density at radius 3 is 2.37 bits per heavy atom. The summed E-state index contributed by atoms with van der Waals surface area (Å²) in [7, 11) is 0. The first-order chi connectivity index (χ1) is 9.15. The molecule has 2 aromatic rings. The predicted molar refractivity (Wildman–Crippen MR) is 82.1 cm³/mol. The number of nitrogens with zero attached hydrogens (tertiary/aromatic N) is 1. The number of benzene rings is 1. The zero-order valence-corrected chi connectivity index (χ0v) is 12.0. The molecule has 0 amide bonds. The van der Waals surface area contributed by atoms with Crippen molar-refractivity contribution in [2.75, 3.05) is 11.1 Å². The van der Waals surface area contributed by atoms with E-state index in [1.54, 1.807) is 12.3 Å². The number of pyridine rings is 1. The van der Waals surface area contributed by atoms with Gasteiger partial charge >= 0.3 is 0 Å². The molecule has 0 atom stereocenters. The Balaban J connectivity index is 2.42. The average Bonchev–Trinajstić information content (AvgIpc) is 2.42. The Labute approximate surface area is 118 Å². The minimum Gasteiger partial charge on any atom is -0.397 e. The van der Waals surface area contributed by atoms with Crippen LogP contribution in [0.15, 0.2) is 30.5 Å². The molecule has 0 saturated heterocycles. The van der Waals surface area contributed by atoms with Gasteiger partial charge in [0, 0.05) is 5.69 Å². The lowest BCUT2D eigenvalue weighted by molar-refractivity contribution is 1.09. The fourth-order valence-electron chi connectivity index (χ4n) is 2.07. The number of hydrogen-bond donors (Lipinski definition) is 2. The topological polar surface area (TPSA) is 50.9 Å². The second-order valence-electron chi connectivity index (χ2n) is 4.38. The number of para-hydroxylation sites is 1. The first-order valence-electron chi connectivity index (χ1n) is 6.44. The standard InChI is InChI=1S/C15H18ClN3/c1-3-10-6-5-7-11(4-2)14(10)19-15-13(16)8-12(17)9-18-15/h5-9H,3-4,17H2,1-2H3,(H,18,19). The van der Waals surface area contributed by atoms with Crippen LogP contribution in [-0.4, -0.2) is 4.98 Å². The van der Waals surface area contributed by atoms with Gasteiger partial charge in [-0.25, -0.2) is 4.98 Å². The van der Waals surface area contributed by atoms with Crippen molar-refractivity contribution in [2.45, 2.75) is 26.7 Å². The zero-order chi connectivity index (χ0) is 13.8. The van der Waals surface area contributed by atoms with Crippen molar-refractivity contribution < 1.29 is 0 Å². The van der Waals surface area contributed by atoms with E-state index in [-0.39, 0.29) is 0 Å². The second-order valence-corrected chi connectivity index (χ2v) is 4.79. The smallest absolute Gasteiger partial charge is 0.149 e. The fraction of sp³-hybridized carbons (Fsp3) is 0.267. The maximum atomic E-state index is 6.17. The van der Waals surface area contributed by atoms with Crippen molar-refractivity contribution in [3.05, 3.63) is 46.6 Å². The summed E-state index contributed by atoms with van der Waals surface area (Å²) in [5, 5.41) is 3.88. The van der Waals surface area contributed by atoms with E-state index in [1.165, 1.54) is 11.1 Å². The molecule has 0 aliphatic rings. The third kappa shape index (κ3) is 2.99. The first-order valence-corrected chi connectivity index (χ1v) is 6.82. The Morgan fingerprint density at radius 2 is 1.84 bits per heavy atom. The summed E-state index contributed by atoms with van der Waals surface area (Å²) in [6.07, 6.45) is 3.53. The SMILES string of the molecule is CCc1cccc(CC)c1Nc1ncc(N)cc1Cl. The number of aryl methyl sites for hydroxylation is 2. The average molecular weight is 276 g/mol. The Morgan fingerprint density at radius 1 is 1.21 bits per heavy atom. The summed E-state index contributed by atoms with van der Waals surface area (Å²) in [5.74, 6) is 0.645. The van der Waals surface area contributed by atoms with Gasteiger partial charge in [0.2, 0.25) is 0 Å². The molecule has 3 nitrogen and oxygen atoms in total. The van der Waals surface area contributed by atoms with E-state index < -0.39 is 0 Å². The van der Waals surface area contributed by atoms with E-state index in [4.69, 9.17) is 17.3 Å². The molecule has 0 unspecified atom stereocenters. The van der Waals surface area contributed by atoms with Gasteiger partial charge in [-0.2, -0.15) is 0 Å². The van der Waals surface area contributed by atoms with Crippen molar-refractivity contribution in [2.24, 2.45) is 0 Å². The molecule has 1 aromatic carbocycles. The van der Waals surface area contributed by atoms with Crippen LogP contribution < -0.4 is 11.1 Å². The van der Waals surface area contributed by atoms with Crippen LogP contribution in [-0.2, 0) is 12.8 Å². The quantitative estimate of drug-likeness (QED) is 0.880. The van der Waals surface area contributed by atoms with E-state index in [0.29, 0.717) is 16.5 Å². The molecular formula is C15H18ClN3. The molecule has 100 valence electrons. The van der Waals surface area contributed by atoms with Crippen molar-refractivity contribution in [1.29, 1.82) is 0 Å². The summed E-state index contributed by atoms with van der Waals surface area (Å²) in [6.45, 7) is 4.27. The van der Waals surface area contributed by atoms with Crippen LogP contribution >= 0.6 is 11.6 Å². The number of nitrogens with two attached hydrogens (primary N) is 1. The molecule has 1 aromatic heterocycles. The molecule has 19 heavy (non-hydrogen) atoms. The number of rotatable bonds is 4. The highest BCUT2D eigenvalue weighted by Gasteiger charge is 2.09. The van der Waals surface area contributed by atoms with Gasteiger partial charge in [-0.1, -0.05) is 43.6 Å². The van der Waals surface area contributed by atoms with Crippen molar-refractivity contribution in [1.82, 2.24) is 4.98 Å². The second kappa shape index (κ2) is 5.93. The van der Waals surface area contributed by atoms with Crippen LogP contribution in [0.2, 0.25) is 5.02 Å². The first kappa shape index (κ1) is 13.7. The molecule has 0 bridgehead atoms. The van der Waals surface area contributed by atoms with Crippen LogP contribution in [0.25, 0.3) is 0 Å². The minimum atomic E-state index is 0.535. The molecule has 0 saturated carbocycles. The number of halogens is 1. The largest absolute Gasteiger partial charge is 0.397 e. The lowest BCUT2D eigenvalue weighted by Crippen LogP contribution is -2.02. The van der Waals surface area contributed by atoms with E-state index in [9.17, 15) is 0 Å². The van der Waals surface area contributed by atoms with Crippen LogP contribution in [0.4, 0.5) is 17.2 Å². The monoisotopic (exact) mass is 275 g/mol. The van der Waals surface area contributed by atoms with Crippen molar-refractivity contribution in [3.8, 4) is 0 Å². The summed E-state index contributed by atoms with van der Waals surface area (Å²) in [5.41, 5.74) is 9.84. The van der Waals surface area contributed by atoms with Gasteiger partial charge in [0.05, 0.1) is 16.9 Å². The molecule has 0 spiro atoms. The van der Waals surface area contributed by atoms with Gasteiger partial charge in [0.15, 0.2) is 0 Å². The third-order valence-corrected chi connectivity index (χ3v) is 3.39. The summed E-state index contributed by atoms with van der Waals surface area (Å²) in [4.78, 5) is 4.26. The number of hydrogen-bond acceptors (Lipinski definition) is 3. The maximum Gasteiger partial charge on any atom is 0.149 e. The lowest BCUT2D eigenvalue weighted by atomic mass is 10.0. The number of anilines is 3. The molecule has 4 heteroatoms. The summed E-state index contributed by atoms with van der Waals surface area (Å²) >= 11 is 6.17. The highest BCUT2D eigenvalue weighted by Crippen LogP contribution is 2.29. The number of nitrogens with one attached hydrogen (secondary N) is 1. The molecule has 0 aliphatic heterocycles. The van der Waals surface area contributed by atoms with Crippen molar-refractivity contribution >= 4 is 28.8 Å². The van der Waals surface area contributed by atoms with Crippen LogP contribution in [0, 0.1) is 0 Å². The molecule has 2 rings (SSSR count). The third-order valence-electron chi connectivity index (χ3n) is 3.10. The van der Waals surface area contributed by atoms with Gasteiger partial charge in [-0.05, 0) is 30.0 Å². The molecule has 3 N–H and O–H groups in total. The molecule has 0 radical (unpaired) electrons. The number of aromatic nitrogens is 1. The van der Waals surface area contributed by atoms with E-state index in [0.717, 1.165) is 18.5 Å². The van der Waals surface area contributed by atoms with Gasteiger partial charge in [-0.15, -0.1) is 0 Å². The highest BCUT2D eigenvalue weighted by molar-refractivity contribution is 6.33. The Bertz CT molecular complexity index is 559. The van der Waals surface area contributed by atoms with E-state index >= 15 is 0 Å². The Kier molecular flexibility index (Phi) is 4.27. The van der Waals surface area contributed by atoms with E-state index in [2.05, 4.69) is 42.3 Å². The molecule has 1 heterocycles. The molecule has 0 fully saturated rings. The van der Waals surface area contributed by atoms with Gasteiger partial charge in [0.1, 0.15) is 5.82 Å². The number of nitrogen functional groups attached to an aromatic ring is 1. The zero-order valence-electron chi connectivity index (χ0n) is 11.2.